The molecule has 2 amide bonds. The molecule has 2 aromatic carbocycles. The number of H-pyrrole nitrogens is 1. The molecule has 1 aromatic heterocycles. The van der Waals surface area contributed by atoms with E-state index in [1.165, 1.54) is 11.6 Å². The number of hydrogen-bond donors (Lipinski definition) is 2. The van der Waals surface area contributed by atoms with E-state index in [0.29, 0.717) is 45.3 Å². The van der Waals surface area contributed by atoms with Gasteiger partial charge >= 0.3 is 0 Å². The Morgan fingerprint density at radius 3 is 2.59 bits per heavy atom. The maximum Gasteiger partial charge on any atom is 0.223 e. The minimum Gasteiger partial charge on any atom is -0.358 e. The lowest BCUT2D eigenvalue weighted by atomic mass is 9.95. The SMILES string of the molecule is Cc1[nH]c2ccc(F)cc2c1CCNC(=O)C1CCN(C(=O)CCc2ccccc2)CC1. The van der Waals surface area contributed by atoms with Crippen LogP contribution in [0.5, 0.6) is 0 Å². The van der Waals surface area contributed by atoms with Crippen molar-refractivity contribution in [2.45, 2.75) is 39.0 Å². The van der Waals surface area contributed by atoms with E-state index in [-0.39, 0.29) is 23.5 Å². The Hall–Kier alpha value is -3.15. The number of benzene rings is 2. The lowest BCUT2D eigenvalue weighted by Gasteiger charge is -2.31. The van der Waals surface area contributed by atoms with Gasteiger partial charge in [-0.2, -0.15) is 0 Å². The normalized spacial score (nSPS) is 14.6. The van der Waals surface area contributed by atoms with Crippen molar-refractivity contribution in [1.82, 2.24) is 15.2 Å². The summed E-state index contributed by atoms with van der Waals surface area (Å²) in [6.07, 6.45) is 3.29. The summed E-state index contributed by atoms with van der Waals surface area (Å²) in [5.41, 5.74) is 4.12. The second-order valence-corrected chi connectivity index (χ2v) is 8.60. The van der Waals surface area contributed by atoms with Gasteiger partial charge in [0.15, 0.2) is 0 Å². The minimum atomic E-state index is -0.258. The van der Waals surface area contributed by atoms with Gasteiger partial charge in [0.05, 0.1) is 0 Å². The molecule has 1 saturated heterocycles. The van der Waals surface area contributed by atoms with Gasteiger partial charge in [0.2, 0.25) is 11.8 Å². The van der Waals surface area contributed by atoms with E-state index in [0.717, 1.165) is 28.6 Å². The molecular formula is C26H30FN3O2. The first kappa shape index (κ1) is 22.1. The molecule has 4 rings (SSSR count). The average molecular weight is 436 g/mol. The van der Waals surface area contributed by atoms with Gasteiger partial charge in [0, 0.05) is 48.6 Å². The van der Waals surface area contributed by atoms with Gasteiger partial charge in [0.1, 0.15) is 5.82 Å². The first-order valence-electron chi connectivity index (χ1n) is 11.4. The third kappa shape index (κ3) is 5.18. The zero-order valence-electron chi connectivity index (χ0n) is 18.5. The molecule has 0 saturated carbocycles. The van der Waals surface area contributed by atoms with Gasteiger partial charge < -0.3 is 15.2 Å². The number of carbonyl (C=O) groups is 2. The third-order valence-corrected chi connectivity index (χ3v) is 6.44. The molecule has 3 aromatic rings. The van der Waals surface area contributed by atoms with Crippen LogP contribution in [0.2, 0.25) is 0 Å². The number of amides is 2. The van der Waals surface area contributed by atoms with Crippen molar-refractivity contribution in [2.75, 3.05) is 19.6 Å². The summed E-state index contributed by atoms with van der Waals surface area (Å²) in [4.78, 5) is 30.3. The van der Waals surface area contributed by atoms with E-state index in [9.17, 15) is 14.0 Å². The number of aryl methyl sites for hydroxylation is 2. The monoisotopic (exact) mass is 435 g/mol. The zero-order chi connectivity index (χ0) is 22.5. The van der Waals surface area contributed by atoms with Crippen LogP contribution < -0.4 is 5.32 Å². The summed E-state index contributed by atoms with van der Waals surface area (Å²) in [7, 11) is 0. The van der Waals surface area contributed by atoms with Crippen LogP contribution in [0.1, 0.15) is 36.1 Å². The van der Waals surface area contributed by atoms with Crippen LogP contribution in [0.15, 0.2) is 48.5 Å². The highest BCUT2D eigenvalue weighted by molar-refractivity contribution is 5.85. The van der Waals surface area contributed by atoms with Gasteiger partial charge in [-0.25, -0.2) is 4.39 Å². The third-order valence-electron chi connectivity index (χ3n) is 6.44. The molecule has 5 nitrogen and oxygen atoms in total. The van der Waals surface area contributed by atoms with Crippen LogP contribution in [0.25, 0.3) is 10.9 Å². The highest BCUT2D eigenvalue weighted by Gasteiger charge is 2.27. The van der Waals surface area contributed by atoms with Crippen LogP contribution >= 0.6 is 0 Å². The molecule has 0 radical (unpaired) electrons. The zero-order valence-corrected chi connectivity index (χ0v) is 18.5. The van der Waals surface area contributed by atoms with Crippen molar-refractivity contribution in [3.05, 3.63) is 71.2 Å². The number of halogens is 1. The highest BCUT2D eigenvalue weighted by atomic mass is 19.1. The maximum atomic E-state index is 13.6. The Bertz CT molecular complexity index is 1090. The van der Waals surface area contributed by atoms with E-state index in [1.54, 1.807) is 12.1 Å². The smallest absolute Gasteiger partial charge is 0.223 e. The molecule has 6 heteroatoms. The maximum absolute atomic E-state index is 13.6. The number of fused-ring (bicyclic) bond motifs is 1. The minimum absolute atomic E-state index is 0.0464. The van der Waals surface area contributed by atoms with Gasteiger partial charge in [-0.1, -0.05) is 30.3 Å². The average Bonchev–Trinajstić information content (AvgIpc) is 3.12. The van der Waals surface area contributed by atoms with Crippen LogP contribution in [0.3, 0.4) is 0 Å². The Morgan fingerprint density at radius 1 is 1.09 bits per heavy atom. The number of piperidine rings is 1. The molecule has 0 unspecified atom stereocenters. The predicted molar refractivity (Wildman–Crippen MR) is 124 cm³/mol. The molecule has 0 aliphatic carbocycles. The highest BCUT2D eigenvalue weighted by Crippen LogP contribution is 2.24. The fraction of sp³-hybridized carbons (Fsp3) is 0.385. The Balaban J connectivity index is 1.22. The van der Waals surface area contributed by atoms with Crippen LogP contribution in [-0.4, -0.2) is 41.3 Å². The fourth-order valence-corrected chi connectivity index (χ4v) is 4.58. The van der Waals surface area contributed by atoms with Crippen molar-refractivity contribution >= 4 is 22.7 Å². The molecule has 0 spiro atoms. The van der Waals surface area contributed by atoms with Gasteiger partial charge in [-0.15, -0.1) is 0 Å². The Kier molecular flexibility index (Phi) is 6.88. The first-order valence-corrected chi connectivity index (χ1v) is 11.4. The van der Waals surface area contributed by atoms with Crippen molar-refractivity contribution in [2.24, 2.45) is 5.92 Å². The number of nitrogens with one attached hydrogen (secondary N) is 2. The molecule has 0 bridgehead atoms. The van der Waals surface area contributed by atoms with Crippen LogP contribution in [0, 0.1) is 18.7 Å². The molecule has 32 heavy (non-hydrogen) atoms. The Labute approximate surface area is 188 Å². The van der Waals surface area contributed by atoms with Gasteiger partial charge in [0.25, 0.3) is 0 Å². The lowest BCUT2D eigenvalue weighted by Crippen LogP contribution is -2.43. The fourth-order valence-electron chi connectivity index (χ4n) is 4.58. The number of carbonyl (C=O) groups excluding carboxylic acids is 2. The number of hydrogen-bond acceptors (Lipinski definition) is 2. The molecule has 2 N–H and O–H groups in total. The largest absolute Gasteiger partial charge is 0.358 e. The summed E-state index contributed by atoms with van der Waals surface area (Å²) >= 11 is 0. The summed E-state index contributed by atoms with van der Waals surface area (Å²) in [5, 5.41) is 3.91. The Morgan fingerprint density at radius 2 is 1.84 bits per heavy atom. The quantitative estimate of drug-likeness (QED) is 0.586. The molecule has 1 fully saturated rings. The molecular weight excluding hydrogens is 405 g/mol. The molecule has 168 valence electrons. The van der Waals surface area contributed by atoms with E-state index in [2.05, 4.69) is 10.3 Å². The second kappa shape index (κ2) is 9.98. The van der Waals surface area contributed by atoms with Crippen LogP contribution in [-0.2, 0) is 22.4 Å². The number of aromatic nitrogens is 1. The number of nitrogens with zero attached hydrogens (tertiary/aromatic N) is 1. The molecule has 2 heterocycles. The van der Waals surface area contributed by atoms with Crippen molar-refractivity contribution < 1.29 is 14.0 Å². The standard InChI is InChI=1S/C26H30FN3O2/c1-18-22(23-17-21(27)8-9-24(23)29-18)11-14-28-26(32)20-12-15-30(16-13-20)25(31)10-7-19-5-3-2-4-6-19/h2-6,8-9,17,20,29H,7,10-16H2,1H3,(H,28,32). The van der Waals surface area contributed by atoms with Gasteiger partial charge in [-0.3, -0.25) is 9.59 Å². The lowest BCUT2D eigenvalue weighted by molar-refractivity contribution is -0.135. The molecule has 1 aliphatic heterocycles. The van der Waals surface area contributed by atoms with E-state index >= 15 is 0 Å². The van der Waals surface area contributed by atoms with E-state index < -0.39 is 0 Å². The summed E-state index contributed by atoms with van der Waals surface area (Å²) in [5.74, 6) is -0.110. The number of rotatable bonds is 7. The van der Waals surface area contributed by atoms with E-state index in [1.807, 2.05) is 42.2 Å². The summed E-state index contributed by atoms with van der Waals surface area (Å²) < 4.78 is 13.6. The first-order chi connectivity index (χ1) is 15.5. The van der Waals surface area contributed by atoms with Crippen molar-refractivity contribution in [1.29, 1.82) is 0 Å². The topological polar surface area (TPSA) is 65.2 Å². The number of aromatic amines is 1. The molecule has 1 aliphatic rings. The van der Waals surface area contributed by atoms with Crippen molar-refractivity contribution in [3.63, 3.8) is 0 Å². The van der Waals surface area contributed by atoms with Crippen LogP contribution in [0.4, 0.5) is 4.39 Å². The second-order valence-electron chi connectivity index (χ2n) is 8.60. The molecule has 0 atom stereocenters. The number of likely N-dealkylation sites (tertiary alicyclic amines) is 1. The summed E-state index contributed by atoms with van der Waals surface area (Å²) in [6, 6.07) is 14.8. The predicted octanol–water partition coefficient (Wildman–Crippen LogP) is 4.15. The summed E-state index contributed by atoms with van der Waals surface area (Å²) in [6.45, 7) is 3.75. The van der Waals surface area contributed by atoms with Crippen molar-refractivity contribution in [3.8, 4) is 0 Å². The van der Waals surface area contributed by atoms with Gasteiger partial charge in [-0.05, 0) is 61.9 Å². The van der Waals surface area contributed by atoms with E-state index in [4.69, 9.17) is 0 Å².